The minimum Gasteiger partial charge on any atom is -0.351 e. The Labute approximate surface area is 129 Å². The lowest BCUT2D eigenvalue weighted by atomic mass is 9.83. The molecule has 0 spiro atoms. The predicted molar refractivity (Wildman–Crippen MR) is 81.2 cm³/mol. The van der Waals surface area contributed by atoms with Crippen molar-refractivity contribution >= 4 is 29.9 Å². The number of hydrogen-bond acceptors (Lipinski definition) is 2. The van der Waals surface area contributed by atoms with Gasteiger partial charge >= 0.3 is 0 Å². The van der Waals surface area contributed by atoms with E-state index >= 15 is 0 Å². The van der Waals surface area contributed by atoms with Crippen molar-refractivity contribution in [2.45, 2.75) is 19.8 Å². The van der Waals surface area contributed by atoms with Crippen LogP contribution in [0.2, 0.25) is 5.02 Å². The number of benzene rings is 1. The number of nitrogens with one attached hydrogen (secondary N) is 2. The highest BCUT2D eigenvalue weighted by Gasteiger charge is 2.27. The highest BCUT2D eigenvalue weighted by Crippen LogP contribution is 2.25. The summed E-state index contributed by atoms with van der Waals surface area (Å²) in [5.41, 5.74) is -0.0532. The van der Waals surface area contributed by atoms with Gasteiger partial charge in [-0.3, -0.25) is 4.79 Å². The van der Waals surface area contributed by atoms with Gasteiger partial charge in [0, 0.05) is 13.1 Å². The molecule has 0 saturated carbocycles. The van der Waals surface area contributed by atoms with Gasteiger partial charge in [-0.1, -0.05) is 24.6 Å². The maximum atomic E-state index is 13.6. The van der Waals surface area contributed by atoms with Crippen LogP contribution in [0.1, 0.15) is 30.1 Å². The molecule has 3 nitrogen and oxygen atoms in total. The van der Waals surface area contributed by atoms with Crippen LogP contribution in [-0.4, -0.2) is 25.5 Å². The summed E-state index contributed by atoms with van der Waals surface area (Å²) >= 11 is 5.87. The number of hydrogen-bond donors (Lipinski definition) is 2. The molecule has 1 atom stereocenters. The first-order chi connectivity index (χ1) is 9.02. The van der Waals surface area contributed by atoms with Crippen LogP contribution in [0.5, 0.6) is 0 Å². The van der Waals surface area contributed by atoms with Gasteiger partial charge in [0.15, 0.2) is 0 Å². The van der Waals surface area contributed by atoms with E-state index in [9.17, 15) is 9.18 Å². The Kier molecular flexibility index (Phi) is 6.24. The molecule has 20 heavy (non-hydrogen) atoms. The lowest BCUT2D eigenvalue weighted by Gasteiger charge is -2.34. The molecule has 1 aromatic carbocycles. The van der Waals surface area contributed by atoms with Crippen molar-refractivity contribution in [3.63, 3.8) is 0 Å². The van der Waals surface area contributed by atoms with E-state index in [1.54, 1.807) is 0 Å². The first-order valence-corrected chi connectivity index (χ1v) is 6.83. The maximum Gasteiger partial charge on any atom is 0.255 e. The molecule has 1 unspecified atom stereocenters. The summed E-state index contributed by atoms with van der Waals surface area (Å²) in [5.74, 6) is -1.04. The second-order valence-corrected chi connectivity index (χ2v) is 5.78. The van der Waals surface area contributed by atoms with Gasteiger partial charge in [0.25, 0.3) is 5.91 Å². The molecule has 2 rings (SSSR count). The Bertz CT molecular complexity index is 456. The van der Waals surface area contributed by atoms with Gasteiger partial charge in [0.2, 0.25) is 0 Å². The van der Waals surface area contributed by atoms with E-state index in [0.29, 0.717) is 6.54 Å². The number of piperidine rings is 1. The van der Waals surface area contributed by atoms with E-state index in [0.717, 1.165) is 25.9 Å². The molecule has 1 saturated heterocycles. The first-order valence-electron chi connectivity index (χ1n) is 6.45. The minimum absolute atomic E-state index is 0. The second kappa shape index (κ2) is 7.25. The molecule has 0 aliphatic carbocycles. The molecular weight excluding hydrogens is 302 g/mol. The molecule has 1 heterocycles. The normalized spacial score (nSPS) is 21.9. The molecule has 0 aromatic heterocycles. The second-order valence-electron chi connectivity index (χ2n) is 5.37. The van der Waals surface area contributed by atoms with Gasteiger partial charge in [0.05, 0.1) is 10.6 Å². The quantitative estimate of drug-likeness (QED) is 0.898. The predicted octanol–water partition coefficient (Wildman–Crippen LogP) is 3.02. The lowest BCUT2D eigenvalue weighted by Crippen LogP contribution is -2.45. The van der Waals surface area contributed by atoms with E-state index in [-0.39, 0.29) is 28.4 Å². The van der Waals surface area contributed by atoms with Crippen molar-refractivity contribution in [3.05, 3.63) is 34.6 Å². The number of rotatable bonds is 3. The van der Waals surface area contributed by atoms with Crippen LogP contribution >= 0.6 is 24.0 Å². The maximum absolute atomic E-state index is 13.6. The fourth-order valence-corrected chi connectivity index (χ4v) is 2.62. The molecule has 1 fully saturated rings. The standard InChI is InChI=1S/C14H18ClFN2O.ClH/c1-14(6-3-7-17-8-14)9-18-13(19)12-10(15)4-2-5-11(12)16;/h2,4-5,17H,3,6-9H2,1H3,(H,18,19);1H. The fourth-order valence-electron chi connectivity index (χ4n) is 2.37. The van der Waals surface area contributed by atoms with E-state index in [2.05, 4.69) is 17.6 Å². The summed E-state index contributed by atoms with van der Waals surface area (Å²) in [6.07, 6.45) is 2.14. The zero-order valence-electron chi connectivity index (χ0n) is 11.3. The average molecular weight is 321 g/mol. The summed E-state index contributed by atoms with van der Waals surface area (Å²) in [6.45, 7) is 4.51. The zero-order chi connectivity index (χ0) is 13.9. The molecule has 1 aliphatic heterocycles. The largest absolute Gasteiger partial charge is 0.351 e. The van der Waals surface area contributed by atoms with Crippen LogP contribution in [0.4, 0.5) is 4.39 Å². The minimum atomic E-state index is -0.586. The van der Waals surface area contributed by atoms with Crippen molar-refractivity contribution in [1.82, 2.24) is 10.6 Å². The summed E-state index contributed by atoms with van der Waals surface area (Å²) in [4.78, 5) is 12.0. The fraction of sp³-hybridized carbons (Fsp3) is 0.500. The Morgan fingerprint density at radius 1 is 1.55 bits per heavy atom. The highest BCUT2D eigenvalue weighted by atomic mass is 35.5. The summed E-state index contributed by atoms with van der Waals surface area (Å²) in [7, 11) is 0. The monoisotopic (exact) mass is 320 g/mol. The summed E-state index contributed by atoms with van der Waals surface area (Å²) in [5, 5.41) is 6.24. The van der Waals surface area contributed by atoms with Crippen molar-refractivity contribution < 1.29 is 9.18 Å². The topological polar surface area (TPSA) is 41.1 Å². The molecule has 2 N–H and O–H groups in total. The van der Waals surface area contributed by atoms with Crippen molar-refractivity contribution in [3.8, 4) is 0 Å². The molecule has 112 valence electrons. The van der Waals surface area contributed by atoms with Crippen LogP contribution in [0.15, 0.2) is 18.2 Å². The Morgan fingerprint density at radius 3 is 2.90 bits per heavy atom. The number of carbonyl (C=O) groups is 1. The molecule has 1 aromatic rings. The molecule has 1 amide bonds. The highest BCUT2D eigenvalue weighted by molar-refractivity contribution is 6.33. The van der Waals surface area contributed by atoms with Gasteiger partial charge in [-0.25, -0.2) is 4.39 Å². The van der Waals surface area contributed by atoms with Crippen LogP contribution in [0.25, 0.3) is 0 Å². The zero-order valence-corrected chi connectivity index (χ0v) is 12.9. The summed E-state index contributed by atoms with van der Waals surface area (Å²) < 4.78 is 13.6. The Morgan fingerprint density at radius 2 is 2.30 bits per heavy atom. The molecule has 0 bridgehead atoms. The molecular formula is C14H19Cl2FN2O. The first kappa shape index (κ1) is 17.2. The van der Waals surface area contributed by atoms with Crippen LogP contribution in [0.3, 0.4) is 0 Å². The third kappa shape index (κ3) is 4.08. The third-order valence-electron chi connectivity index (χ3n) is 3.55. The van der Waals surface area contributed by atoms with Crippen LogP contribution in [0, 0.1) is 11.2 Å². The van der Waals surface area contributed by atoms with Gasteiger partial charge in [-0.15, -0.1) is 12.4 Å². The molecule has 0 radical (unpaired) electrons. The van der Waals surface area contributed by atoms with E-state index in [1.165, 1.54) is 18.2 Å². The van der Waals surface area contributed by atoms with E-state index in [4.69, 9.17) is 11.6 Å². The number of halogens is 3. The van der Waals surface area contributed by atoms with E-state index < -0.39 is 11.7 Å². The smallest absolute Gasteiger partial charge is 0.255 e. The number of amides is 1. The third-order valence-corrected chi connectivity index (χ3v) is 3.87. The average Bonchev–Trinajstić information content (AvgIpc) is 2.37. The Hall–Kier alpha value is -0.840. The van der Waals surface area contributed by atoms with Crippen molar-refractivity contribution in [2.24, 2.45) is 5.41 Å². The number of carbonyl (C=O) groups excluding carboxylic acids is 1. The van der Waals surface area contributed by atoms with Gasteiger partial charge in [-0.2, -0.15) is 0 Å². The Balaban J connectivity index is 0.00000200. The lowest BCUT2D eigenvalue weighted by molar-refractivity contribution is 0.0921. The molecule has 6 heteroatoms. The van der Waals surface area contributed by atoms with Gasteiger partial charge < -0.3 is 10.6 Å². The van der Waals surface area contributed by atoms with Crippen molar-refractivity contribution in [2.75, 3.05) is 19.6 Å². The SMILES string of the molecule is CC1(CNC(=O)c2c(F)cccc2Cl)CCCNC1.Cl. The van der Waals surface area contributed by atoms with E-state index in [1.807, 2.05) is 0 Å². The van der Waals surface area contributed by atoms with Crippen LogP contribution < -0.4 is 10.6 Å². The molecule has 1 aliphatic rings. The van der Waals surface area contributed by atoms with Crippen molar-refractivity contribution in [1.29, 1.82) is 0 Å². The summed E-state index contributed by atoms with van der Waals surface area (Å²) in [6, 6.07) is 4.24. The van der Waals surface area contributed by atoms with Crippen LogP contribution in [-0.2, 0) is 0 Å². The van der Waals surface area contributed by atoms with Gasteiger partial charge in [-0.05, 0) is 36.9 Å². The van der Waals surface area contributed by atoms with Gasteiger partial charge in [0.1, 0.15) is 5.82 Å².